The summed E-state index contributed by atoms with van der Waals surface area (Å²) in [5.74, 6) is -1.22. The van der Waals surface area contributed by atoms with Crippen molar-refractivity contribution in [1.82, 2.24) is 10.6 Å². The van der Waals surface area contributed by atoms with Crippen molar-refractivity contribution in [1.29, 1.82) is 0 Å². The number of carbonyl (C=O) groups is 3. The third kappa shape index (κ3) is 10.2. The smallest absolute Gasteiger partial charge is 0.243 e. The molecular weight excluding hydrogens is 364 g/mol. The Balaban J connectivity index is 4.93. The number of aliphatic imine (C=N–C) groups is 1. The SMILES string of the molecule is CC(C)C[C@H](NC(=O)[C@@H](N)[C@H](O)C(C)C)C(=O)N[C@@H](C=O)CCCN=C(N)N. The largest absolute Gasteiger partial charge is 0.391 e. The highest BCUT2D eigenvalue weighted by molar-refractivity contribution is 5.91. The van der Waals surface area contributed by atoms with Crippen molar-refractivity contribution in [2.75, 3.05) is 6.54 Å². The summed E-state index contributed by atoms with van der Waals surface area (Å²) in [5.41, 5.74) is 16.3. The lowest BCUT2D eigenvalue weighted by Gasteiger charge is -2.26. The molecule has 10 nitrogen and oxygen atoms in total. The minimum atomic E-state index is -1.15. The molecule has 0 aliphatic heterocycles. The molecule has 0 aromatic heterocycles. The molecule has 0 bridgehead atoms. The maximum atomic E-state index is 12.6. The van der Waals surface area contributed by atoms with Gasteiger partial charge in [-0.1, -0.05) is 27.7 Å². The third-order valence-electron chi connectivity index (χ3n) is 4.15. The Bertz CT molecular complexity index is 534. The molecule has 28 heavy (non-hydrogen) atoms. The maximum Gasteiger partial charge on any atom is 0.243 e. The molecule has 0 heterocycles. The Morgan fingerprint density at radius 3 is 2.18 bits per heavy atom. The van der Waals surface area contributed by atoms with Crippen LogP contribution in [0.2, 0.25) is 0 Å². The fraction of sp³-hybridized carbons (Fsp3) is 0.778. The van der Waals surface area contributed by atoms with Crippen LogP contribution in [0.5, 0.6) is 0 Å². The van der Waals surface area contributed by atoms with Gasteiger partial charge in [0.1, 0.15) is 18.4 Å². The molecular formula is C18H36N6O4. The van der Waals surface area contributed by atoms with Crippen LogP contribution in [0.3, 0.4) is 0 Å². The number of nitrogens with zero attached hydrogens (tertiary/aromatic N) is 1. The highest BCUT2D eigenvalue weighted by Gasteiger charge is 2.30. The number of guanidine groups is 1. The van der Waals surface area contributed by atoms with Crippen LogP contribution in [0, 0.1) is 11.8 Å². The van der Waals surface area contributed by atoms with Gasteiger partial charge in [0.25, 0.3) is 0 Å². The lowest BCUT2D eigenvalue weighted by Crippen LogP contribution is -2.57. The van der Waals surface area contributed by atoms with E-state index in [1.807, 2.05) is 13.8 Å². The van der Waals surface area contributed by atoms with Gasteiger partial charge >= 0.3 is 0 Å². The molecule has 0 unspecified atom stereocenters. The van der Waals surface area contributed by atoms with E-state index in [2.05, 4.69) is 15.6 Å². The molecule has 0 spiro atoms. The van der Waals surface area contributed by atoms with Crippen LogP contribution in [-0.2, 0) is 14.4 Å². The molecule has 0 rings (SSSR count). The zero-order valence-corrected chi connectivity index (χ0v) is 17.2. The molecule has 2 amide bonds. The number of aliphatic hydroxyl groups is 1. The number of aldehydes is 1. The van der Waals surface area contributed by atoms with E-state index in [9.17, 15) is 19.5 Å². The second-order valence-electron chi connectivity index (χ2n) is 7.65. The van der Waals surface area contributed by atoms with Gasteiger partial charge < -0.3 is 37.7 Å². The quantitative estimate of drug-likeness (QED) is 0.0949. The molecule has 0 aliphatic carbocycles. The monoisotopic (exact) mass is 400 g/mol. The van der Waals surface area contributed by atoms with Crippen molar-refractivity contribution < 1.29 is 19.5 Å². The van der Waals surface area contributed by atoms with Crippen LogP contribution in [0.1, 0.15) is 47.0 Å². The van der Waals surface area contributed by atoms with Gasteiger partial charge in [-0.2, -0.15) is 0 Å². The predicted octanol–water partition coefficient (Wildman–Crippen LogP) is -1.40. The number of amides is 2. The number of rotatable bonds is 13. The maximum absolute atomic E-state index is 12.6. The normalized spacial score (nSPS) is 15.4. The number of nitrogens with one attached hydrogen (secondary N) is 2. The standard InChI is InChI=1S/C18H36N6O4/c1-10(2)8-13(24-17(28)14(19)15(26)11(3)4)16(27)23-12(9-25)6-5-7-22-18(20)21/h9-15,26H,5-8,19H2,1-4H3,(H,23,27)(H,24,28)(H4,20,21,22)/t12-,13+,14+,15-/m1/s1. The van der Waals surface area contributed by atoms with E-state index in [0.29, 0.717) is 32.1 Å². The minimum Gasteiger partial charge on any atom is -0.391 e. The summed E-state index contributed by atoms with van der Waals surface area (Å²) in [6, 6.07) is -2.73. The van der Waals surface area contributed by atoms with Crippen molar-refractivity contribution in [2.45, 2.75) is 71.2 Å². The van der Waals surface area contributed by atoms with Gasteiger partial charge in [-0.3, -0.25) is 14.6 Å². The van der Waals surface area contributed by atoms with E-state index in [0.717, 1.165) is 0 Å². The molecule has 10 heteroatoms. The number of aliphatic hydroxyl groups excluding tert-OH is 1. The van der Waals surface area contributed by atoms with Crippen molar-refractivity contribution in [3.8, 4) is 0 Å². The Hall–Kier alpha value is -2.20. The third-order valence-corrected chi connectivity index (χ3v) is 4.15. The van der Waals surface area contributed by atoms with Crippen LogP contribution >= 0.6 is 0 Å². The van der Waals surface area contributed by atoms with Gasteiger partial charge in [0, 0.05) is 6.54 Å². The van der Waals surface area contributed by atoms with Crippen LogP contribution in [0.4, 0.5) is 0 Å². The minimum absolute atomic E-state index is 0.0358. The molecule has 0 fully saturated rings. The van der Waals surface area contributed by atoms with Gasteiger partial charge in [-0.05, 0) is 31.1 Å². The Morgan fingerprint density at radius 1 is 1.11 bits per heavy atom. The molecule has 0 aromatic rings. The summed E-state index contributed by atoms with van der Waals surface area (Å²) in [7, 11) is 0. The van der Waals surface area contributed by atoms with Gasteiger partial charge in [0.05, 0.1) is 12.1 Å². The van der Waals surface area contributed by atoms with Crippen LogP contribution in [-0.4, -0.2) is 59.9 Å². The molecule has 162 valence electrons. The Morgan fingerprint density at radius 2 is 1.71 bits per heavy atom. The zero-order chi connectivity index (χ0) is 21.9. The van der Waals surface area contributed by atoms with Crippen LogP contribution in [0.15, 0.2) is 4.99 Å². The number of hydrogen-bond donors (Lipinski definition) is 6. The summed E-state index contributed by atoms with van der Waals surface area (Å²) in [4.78, 5) is 40.0. The summed E-state index contributed by atoms with van der Waals surface area (Å²) in [6.45, 7) is 7.64. The molecule has 0 radical (unpaired) electrons. The Labute approximate surface area is 166 Å². The number of carbonyl (C=O) groups excluding carboxylic acids is 3. The van der Waals surface area contributed by atoms with Crippen molar-refractivity contribution in [2.24, 2.45) is 34.0 Å². The van der Waals surface area contributed by atoms with Crippen LogP contribution in [0.25, 0.3) is 0 Å². The first-order valence-electron chi connectivity index (χ1n) is 9.54. The van der Waals surface area contributed by atoms with Gasteiger partial charge in [0.2, 0.25) is 11.8 Å². The van der Waals surface area contributed by atoms with Gasteiger partial charge in [-0.15, -0.1) is 0 Å². The zero-order valence-electron chi connectivity index (χ0n) is 17.2. The first-order chi connectivity index (χ1) is 13.0. The van der Waals surface area contributed by atoms with Crippen molar-refractivity contribution in [3.63, 3.8) is 0 Å². The highest BCUT2D eigenvalue weighted by atomic mass is 16.3. The fourth-order valence-corrected chi connectivity index (χ4v) is 2.52. The second kappa shape index (κ2) is 13.1. The first-order valence-corrected chi connectivity index (χ1v) is 9.54. The van der Waals surface area contributed by atoms with Gasteiger partial charge in [0.15, 0.2) is 5.96 Å². The molecule has 0 aliphatic rings. The molecule has 0 saturated heterocycles. The van der Waals surface area contributed by atoms with E-state index < -0.39 is 36.0 Å². The molecule has 0 aromatic carbocycles. The van der Waals surface area contributed by atoms with E-state index in [1.165, 1.54) is 0 Å². The lowest BCUT2D eigenvalue weighted by atomic mass is 9.98. The molecule has 9 N–H and O–H groups in total. The second-order valence-corrected chi connectivity index (χ2v) is 7.65. The summed E-state index contributed by atoms with van der Waals surface area (Å²) in [6.07, 6.45) is 0.840. The van der Waals surface area contributed by atoms with E-state index in [-0.39, 0.29) is 17.8 Å². The topological polar surface area (TPSA) is 186 Å². The predicted molar refractivity (Wildman–Crippen MR) is 108 cm³/mol. The van der Waals surface area contributed by atoms with Crippen LogP contribution < -0.4 is 27.8 Å². The summed E-state index contributed by atoms with van der Waals surface area (Å²) in [5, 5.41) is 15.2. The number of nitrogens with two attached hydrogens (primary N) is 3. The average Bonchev–Trinajstić information content (AvgIpc) is 2.61. The fourth-order valence-electron chi connectivity index (χ4n) is 2.52. The highest BCUT2D eigenvalue weighted by Crippen LogP contribution is 2.09. The lowest BCUT2D eigenvalue weighted by molar-refractivity contribution is -0.132. The van der Waals surface area contributed by atoms with E-state index in [1.54, 1.807) is 13.8 Å². The molecule has 4 atom stereocenters. The molecule has 0 saturated carbocycles. The average molecular weight is 401 g/mol. The Kier molecular flexibility index (Phi) is 12.0. The first kappa shape index (κ1) is 25.8. The summed E-state index contributed by atoms with van der Waals surface area (Å²) >= 11 is 0. The van der Waals surface area contributed by atoms with E-state index >= 15 is 0 Å². The number of hydrogen-bond acceptors (Lipinski definition) is 6. The summed E-state index contributed by atoms with van der Waals surface area (Å²) < 4.78 is 0. The van der Waals surface area contributed by atoms with Crippen molar-refractivity contribution in [3.05, 3.63) is 0 Å². The van der Waals surface area contributed by atoms with E-state index in [4.69, 9.17) is 17.2 Å². The van der Waals surface area contributed by atoms with Crippen molar-refractivity contribution >= 4 is 24.1 Å². The van der Waals surface area contributed by atoms with Gasteiger partial charge in [-0.25, -0.2) is 0 Å².